The smallest absolute Gasteiger partial charge is 0.0513 e. The van der Waals surface area contributed by atoms with E-state index in [1.807, 2.05) is 0 Å². The fourth-order valence-corrected chi connectivity index (χ4v) is 4.21. The third-order valence-electron chi connectivity index (χ3n) is 4.87. The van der Waals surface area contributed by atoms with Gasteiger partial charge in [-0.1, -0.05) is 24.1 Å². The molecule has 4 rings (SSSR count). The summed E-state index contributed by atoms with van der Waals surface area (Å²) >= 11 is 0. The summed E-state index contributed by atoms with van der Waals surface area (Å²) in [4.78, 5) is 2.68. The van der Waals surface area contributed by atoms with E-state index in [9.17, 15) is 0 Å². The highest BCUT2D eigenvalue weighted by atomic mass is 15.3. The van der Waals surface area contributed by atoms with Crippen LogP contribution < -0.4 is 10.2 Å². The minimum absolute atomic E-state index is 0.732. The maximum atomic E-state index is 3.73. The number of piperazine rings is 1. The molecule has 0 unspecified atom stereocenters. The topological polar surface area (TPSA) is 15.3 Å². The molecule has 1 aromatic rings. The standard InChI is InChI=1S/C15H20N2/c1-10-5-6-14-12(9-10)11-3-2-4-13-15(11)17(14)8-7-16-13/h5-6,9,11,13,15-16H,2-4,7-8H2,1H3/t11-,13+,15+/m1/s1. The first-order valence-corrected chi connectivity index (χ1v) is 6.95. The van der Waals surface area contributed by atoms with E-state index in [2.05, 4.69) is 35.3 Å². The Bertz CT molecular complexity index is 452. The highest BCUT2D eigenvalue weighted by Gasteiger charge is 2.46. The molecule has 1 aromatic carbocycles. The highest BCUT2D eigenvalue weighted by molar-refractivity contribution is 5.64. The van der Waals surface area contributed by atoms with Crippen molar-refractivity contribution in [1.82, 2.24) is 5.32 Å². The predicted octanol–water partition coefficient (Wildman–Crippen LogP) is 2.42. The minimum Gasteiger partial charge on any atom is -0.365 e. The van der Waals surface area contributed by atoms with Gasteiger partial charge in [0.1, 0.15) is 0 Å². The Morgan fingerprint density at radius 1 is 1.29 bits per heavy atom. The molecule has 2 nitrogen and oxygen atoms in total. The number of aryl methyl sites for hydroxylation is 1. The number of nitrogens with zero attached hydrogens (tertiary/aromatic N) is 1. The molecule has 3 aliphatic rings. The van der Waals surface area contributed by atoms with Gasteiger partial charge < -0.3 is 10.2 Å². The number of benzene rings is 1. The molecule has 2 heterocycles. The third-order valence-corrected chi connectivity index (χ3v) is 4.87. The number of hydrogen-bond acceptors (Lipinski definition) is 2. The lowest BCUT2D eigenvalue weighted by molar-refractivity contribution is 0.270. The van der Waals surface area contributed by atoms with Crippen molar-refractivity contribution in [3.8, 4) is 0 Å². The second-order valence-corrected chi connectivity index (χ2v) is 5.84. The van der Waals surface area contributed by atoms with Crippen molar-refractivity contribution in [3.63, 3.8) is 0 Å². The van der Waals surface area contributed by atoms with Gasteiger partial charge in [0, 0.05) is 30.7 Å². The number of hydrogen-bond donors (Lipinski definition) is 1. The molecule has 0 radical (unpaired) electrons. The first-order chi connectivity index (χ1) is 8.34. The van der Waals surface area contributed by atoms with Gasteiger partial charge in [0.15, 0.2) is 0 Å². The van der Waals surface area contributed by atoms with Crippen LogP contribution in [0.25, 0.3) is 0 Å². The maximum Gasteiger partial charge on any atom is 0.0513 e. The monoisotopic (exact) mass is 228 g/mol. The largest absolute Gasteiger partial charge is 0.365 e. The quantitative estimate of drug-likeness (QED) is 0.733. The summed E-state index contributed by atoms with van der Waals surface area (Å²) in [5.41, 5.74) is 4.57. The van der Waals surface area contributed by atoms with E-state index in [1.54, 1.807) is 5.56 Å². The molecule has 1 N–H and O–H groups in total. The summed E-state index contributed by atoms with van der Waals surface area (Å²) in [6, 6.07) is 8.53. The molecule has 2 fully saturated rings. The predicted molar refractivity (Wildman–Crippen MR) is 70.7 cm³/mol. The molecule has 3 atom stereocenters. The van der Waals surface area contributed by atoms with Gasteiger partial charge >= 0.3 is 0 Å². The van der Waals surface area contributed by atoms with Crippen molar-refractivity contribution < 1.29 is 0 Å². The molecule has 90 valence electrons. The van der Waals surface area contributed by atoms with Crippen LogP contribution in [0.4, 0.5) is 5.69 Å². The van der Waals surface area contributed by atoms with Gasteiger partial charge in [0.2, 0.25) is 0 Å². The van der Waals surface area contributed by atoms with Gasteiger partial charge in [-0.15, -0.1) is 0 Å². The van der Waals surface area contributed by atoms with Crippen LogP contribution in [0.15, 0.2) is 18.2 Å². The Balaban J connectivity index is 1.85. The average Bonchev–Trinajstić information content (AvgIpc) is 2.67. The Labute approximate surface area is 103 Å². The van der Waals surface area contributed by atoms with Crippen LogP contribution in [-0.4, -0.2) is 25.2 Å². The fraction of sp³-hybridized carbons (Fsp3) is 0.600. The first kappa shape index (κ1) is 9.95. The summed E-state index contributed by atoms with van der Waals surface area (Å²) in [7, 11) is 0. The lowest BCUT2D eigenvalue weighted by Gasteiger charge is -2.44. The van der Waals surface area contributed by atoms with Crippen molar-refractivity contribution in [2.45, 2.75) is 44.2 Å². The number of rotatable bonds is 0. The van der Waals surface area contributed by atoms with Gasteiger partial charge in [0.05, 0.1) is 6.04 Å². The molecule has 1 saturated heterocycles. The van der Waals surface area contributed by atoms with Crippen LogP contribution in [0, 0.1) is 6.92 Å². The van der Waals surface area contributed by atoms with Crippen molar-refractivity contribution in [2.24, 2.45) is 0 Å². The number of fused-ring (bicyclic) bond motifs is 3. The van der Waals surface area contributed by atoms with Crippen LogP contribution in [0.5, 0.6) is 0 Å². The third kappa shape index (κ3) is 1.30. The SMILES string of the molecule is Cc1ccc2c(c1)[C@H]1CCC[C@@H]3NCCN2[C@H]31. The molecular formula is C15H20N2. The highest BCUT2D eigenvalue weighted by Crippen LogP contribution is 2.48. The molecule has 17 heavy (non-hydrogen) atoms. The van der Waals surface area contributed by atoms with E-state index in [0.717, 1.165) is 24.5 Å². The summed E-state index contributed by atoms with van der Waals surface area (Å²) in [6.07, 6.45) is 4.14. The zero-order valence-electron chi connectivity index (χ0n) is 10.4. The van der Waals surface area contributed by atoms with Gasteiger partial charge in [-0.25, -0.2) is 0 Å². The molecule has 1 aliphatic carbocycles. The second kappa shape index (κ2) is 3.49. The zero-order chi connectivity index (χ0) is 11.4. The Kier molecular flexibility index (Phi) is 2.04. The summed E-state index contributed by atoms with van der Waals surface area (Å²) in [5, 5.41) is 3.73. The lowest BCUT2D eigenvalue weighted by atomic mass is 9.78. The van der Waals surface area contributed by atoms with Crippen LogP contribution in [0.3, 0.4) is 0 Å². The van der Waals surface area contributed by atoms with Gasteiger partial charge in [-0.3, -0.25) is 0 Å². The molecular weight excluding hydrogens is 208 g/mol. The lowest BCUT2D eigenvalue weighted by Crippen LogP contribution is -2.59. The molecule has 1 saturated carbocycles. The van der Waals surface area contributed by atoms with Crippen LogP contribution in [0.1, 0.15) is 36.3 Å². The van der Waals surface area contributed by atoms with E-state index in [0.29, 0.717) is 0 Å². The van der Waals surface area contributed by atoms with Crippen LogP contribution >= 0.6 is 0 Å². The van der Waals surface area contributed by atoms with E-state index in [-0.39, 0.29) is 0 Å². The van der Waals surface area contributed by atoms with Crippen molar-refractivity contribution >= 4 is 5.69 Å². The molecule has 0 spiro atoms. The number of anilines is 1. The molecule has 0 aromatic heterocycles. The normalized spacial score (nSPS) is 34.4. The van der Waals surface area contributed by atoms with E-state index in [1.165, 1.54) is 37.1 Å². The average molecular weight is 228 g/mol. The molecule has 2 aliphatic heterocycles. The van der Waals surface area contributed by atoms with Crippen LogP contribution in [0.2, 0.25) is 0 Å². The maximum absolute atomic E-state index is 3.73. The van der Waals surface area contributed by atoms with Gasteiger partial charge in [0.25, 0.3) is 0 Å². The Hall–Kier alpha value is -1.02. The molecule has 0 amide bonds. The van der Waals surface area contributed by atoms with Gasteiger partial charge in [-0.2, -0.15) is 0 Å². The van der Waals surface area contributed by atoms with Gasteiger partial charge in [-0.05, 0) is 31.4 Å². The summed E-state index contributed by atoms with van der Waals surface area (Å²) < 4.78 is 0. The Morgan fingerprint density at radius 3 is 3.18 bits per heavy atom. The van der Waals surface area contributed by atoms with Crippen molar-refractivity contribution in [1.29, 1.82) is 0 Å². The second-order valence-electron chi connectivity index (χ2n) is 5.84. The van der Waals surface area contributed by atoms with Crippen LogP contribution in [-0.2, 0) is 0 Å². The summed E-state index contributed by atoms with van der Waals surface area (Å²) in [5.74, 6) is 0.788. The van der Waals surface area contributed by atoms with Crippen molar-refractivity contribution in [2.75, 3.05) is 18.0 Å². The molecule has 0 bridgehead atoms. The summed E-state index contributed by atoms with van der Waals surface area (Å²) in [6.45, 7) is 4.56. The van der Waals surface area contributed by atoms with E-state index >= 15 is 0 Å². The first-order valence-electron chi connectivity index (χ1n) is 6.95. The van der Waals surface area contributed by atoms with Crippen molar-refractivity contribution in [3.05, 3.63) is 29.3 Å². The Morgan fingerprint density at radius 2 is 2.24 bits per heavy atom. The zero-order valence-corrected chi connectivity index (χ0v) is 10.4. The number of nitrogens with one attached hydrogen (secondary N) is 1. The van der Waals surface area contributed by atoms with E-state index < -0.39 is 0 Å². The molecule has 2 heteroatoms. The minimum atomic E-state index is 0.732. The van der Waals surface area contributed by atoms with E-state index in [4.69, 9.17) is 0 Å². The fourth-order valence-electron chi connectivity index (χ4n) is 4.21.